The normalized spacial score (nSPS) is 21.6. The van der Waals surface area contributed by atoms with Crippen LogP contribution in [-0.4, -0.2) is 57.7 Å². The largest absolute Gasteiger partial charge is 0.512 e. The Morgan fingerprint density at radius 3 is 2.66 bits per heavy atom. The molecule has 3 rings (SSSR count). The van der Waals surface area contributed by atoms with E-state index in [9.17, 15) is 19.2 Å². The summed E-state index contributed by atoms with van der Waals surface area (Å²) in [6.45, 7) is 1.02. The van der Waals surface area contributed by atoms with E-state index in [1.165, 1.54) is 18.7 Å². The average molecular weight is 421 g/mol. The lowest BCUT2D eigenvalue weighted by Gasteiger charge is -2.49. The predicted octanol–water partition coefficient (Wildman–Crippen LogP) is 0.556. The monoisotopic (exact) mass is 421 g/mol. The third kappa shape index (κ3) is 4.35. The van der Waals surface area contributed by atoms with E-state index >= 15 is 0 Å². The van der Waals surface area contributed by atoms with E-state index in [-0.39, 0.29) is 18.2 Å². The summed E-state index contributed by atoms with van der Waals surface area (Å²) in [6, 6.07) is 6.89. The lowest BCUT2D eigenvalue weighted by molar-refractivity contribution is -0.149. The van der Waals surface area contributed by atoms with Crippen molar-refractivity contribution in [2.24, 2.45) is 5.73 Å². The van der Waals surface area contributed by atoms with Crippen LogP contribution < -0.4 is 11.1 Å². The molecule has 0 aliphatic carbocycles. The number of nitrogens with one attached hydrogen (secondary N) is 1. The third-order valence-electron chi connectivity index (χ3n) is 4.37. The number of nitrogens with zero attached hydrogens (tertiary/aromatic N) is 1. The molecule has 4 N–H and O–H groups in total. The Bertz CT molecular complexity index is 873. The quantitative estimate of drug-likeness (QED) is 0.442. The molecule has 11 heteroatoms. The highest BCUT2D eigenvalue weighted by atomic mass is 32.2. The molecule has 0 saturated carbocycles. The average Bonchev–Trinajstić information content (AvgIpc) is 2.69. The van der Waals surface area contributed by atoms with Gasteiger partial charge in [-0.25, -0.2) is 4.79 Å². The predicted molar refractivity (Wildman–Crippen MR) is 101 cm³/mol. The number of thioether (sulfide) groups is 1. The van der Waals surface area contributed by atoms with Crippen LogP contribution in [0.4, 0.5) is 4.79 Å². The summed E-state index contributed by atoms with van der Waals surface area (Å²) in [7, 11) is 0. The number of ether oxygens (including phenoxy) is 2. The molecule has 3 atom stereocenters. The van der Waals surface area contributed by atoms with Crippen LogP contribution in [0, 0.1) is 0 Å². The lowest BCUT2D eigenvalue weighted by Crippen LogP contribution is -2.70. The van der Waals surface area contributed by atoms with E-state index in [2.05, 4.69) is 5.32 Å². The number of carboxylic acid groups (broad SMARTS) is 1. The number of hydrogen-bond donors (Lipinski definition) is 3. The molecule has 2 unspecified atom stereocenters. The van der Waals surface area contributed by atoms with Crippen LogP contribution in [0.25, 0.3) is 0 Å². The third-order valence-corrected chi connectivity index (χ3v) is 5.70. The molecule has 0 radical (unpaired) electrons. The zero-order chi connectivity index (χ0) is 21.1. The first-order chi connectivity index (χ1) is 13.8. The molecule has 0 bridgehead atoms. The van der Waals surface area contributed by atoms with Crippen LogP contribution >= 0.6 is 11.8 Å². The highest BCUT2D eigenvalue weighted by Crippen LogP contribution is 2.40. The van der Waals surface area contributed by atoms with Crippen LogP contribution in [0.15, 0.2) is 41.8 Å². The molecule has 1 fully saturated rings. The summed E-state index contributed by atoms with van der Waals surface area (Å²) < 4.78 is 9.67. The molecule has 1 aromatic carbocycles. The first kappa shape index (κ1) is 20.7. The minimum absolute atomic E-state index is 0.189. The maximum atomic E-state index is 12.6. The fourth-order valence-electron chi connectivity index (χ4n) is 2.95. The van der Waals surface area contributed by atoms with Gasteiger partial charge in [0.05, 0.1) is 0 Å². The van der Waals surface area contributed by atoms with Gasteiger partial charge in [-0.05, 0) is 5.56 Å². The Morgan fingerprint density at radius 2 is 2.03 bits per heavy atom. The number of carbonyl (C=O) groups is 4. The van der Waals surface area contributed by atoms with Gasteiger partial charge < -0.3 is 25.6 Å². The Morgan fingerprint density at radius 1 is 1.34 bits per heavy atom. The molecule has 2 amide bonds. The number of esters is 1. The maximum absolute atomic E-state index is 12.6. The van der Waals surface area contributed by atoms with Gasteiger partial charge in [0.15, 0.2) is 0 Å². The Labute approximate surface area is 170 Å². The van der Waals surface area contributed by atoms with Crippen LogP contribution in [0.3, 0.4) is 0 Å². The first-order valence-electron chi connectivity index (χ1n) is 8.61. The van der Waals surface area contributed by atoms with Gasteiger partial charge in [0.1, 0.15) is 24.1 Å². The number of benzene rings is 1. The fraction of sp³-hybridized carbons (Fsp3) is 0.333. The molecule has 154 valence electrons. The number of nitrogens with two attached hydrogens (primary N) is 1. The molecule has 1 saturated heterocycles. The van der Waals surface area contributed by atoms with Gasteiger partial charge in [0.2, 0.25) is 11.8 Å². The summed E-state index contributed by atoms with van der Waals surface area (Å²) in [5.74, 6) is -1.53. The minimum atomic E-state index is -1.60. The molecule has 1 aromatic rings. The molecular weight excluding hydrogens is 402 g/mol. The summed E-state index contributed by atoms with van der Waals surface area (Å²) in [6.07, 6.45) is -1.60. The van der Waals surface area contributed by atoms with Gasteiger partial charge in [-0.2, -0.15) is 0 Å². The number of carbonyl (C=O) groups excluding carboxylic acids is 3. The van der Waals surface area contributed by atoms with E-state index in [0.717, 1.165) is 4.90 Å². The van der Waals surface area contributed by atoms with Gasteiger partial charge in [-0.1, -0.05) is 30.3 Å². The number of fused-ring (bicyclic) bond motifs is 1. The second-order valence-electron chi connectivity index (χ2n) is 6.34. The topological polar surface area (TPSA) is 148 Å². The maximum Gasteiger partial charge on any atom is 0.512 e. The Hall–Kier alpha value is -3.05. The minimum Gasteiger partial charge on any atom is -0.461 e. The molecule has 2 heterocycles. The summed E-state index contributed by atoms with van der Waals surface area (Å²) in [4.78, 5) is 48.3. The van der Waals surface area contributed by atoms with Crippen molar-refractivity contribution in [2.75, 3.05) is 12.4 Å². The van der Waals surface area contributed by atoms with E-state index in [1.807, 2.05) is 0 Å². The van der Waals surface area contributed by atoms with Gasteiger partial charge in [-0.15, -0.1) is 11.8 Å². The van der Waals surface area contributed by atoms with Crippen LogP contribution in [0.1, 0.15) is 18.5 Å². The van der Waals surface area contributed by atoms with Gasteiger partial charge in [-0.3, -0.25) is 19.3 Å². The molecule has 2 aliphatic heterocycles. The summed E-state index contributed by atoms with van der Waals surface area (Å²) in [5, 5.41) is 11.1. The molecule has 10 nitrogen and oxygen atoms in total. The Balaban J connectivity index is 1.72. The number of hydrogen-bond acceptors (Lipinski definition) is 8. The van der Waals surface area contributed by atoms with Gasteiger partial charge in [0.25, 0.3) is 5.91 Å². The molecule has 0 aromatic heterocycles. The molecule has 2 aliphatic rings. The van der Waals surface area contributed by atoms with Crippen LogP contribution in [-0.2, 0) is 23.9 Å². The van der Waals surface area contributed by atoms with E-state index < -0.39 is 41.4 Å². The van der Waals surface area contributed by atoms with Crippen molar-refractivity contribution in [3.8, 4) is 0 Å². The van der Waals surface area contributed by atoms with Crippen molar-refractivity contribution < 1.29 is 33.8 Å². The zero-order valence-electron chi connectivity index (χ0n) is 15.4. The van der Waals surface area contributed by atoms with Crippen molar-refractivity contribution in [3.05, 3.63) is 47.4 Å². The zero-order valence-corrected chi connectivity index (χ0v) is 16.2. The molecule has 29 heavy (non-hydrogen) atoms. The first-order valence-corrected chi connectivity index (χ1v) is 9.66. The van der Waals surface area contributed by atoms with Crippen LogP contribution in [0.2, 0.25) is 0 Å². The standard InChI is InChI=1S/C18H19N3O7S/c1-9(22)27-7-11-8-29-17-13(15(24)21(17)16(11)28-18(25)26)20-14(23)12(19)10-5-3-2-4-6-10/h2-6,12-13,17H,7-8,19H2,1H3,(H,20,23)(H,25,26)/t12?,13?,17-/m0/s1. The van der Waals surface area contributed by atoms with E-state index in [1.54, 1.807) is 30.3 Å². The number of amides is 2. The van der Waals surface area contributed by atoms with Crippen molar-refractivity contribution >= 4 is 35.7 Å². The van der Waals surface area contributed by atoms with Crippen molar-refractivity contribution in [1.82, 2.24) is 10.2 Å². The molecular formula is C18H19N3O7S. The highest BCUT2D eigenvalue weighted by Gasteiger charge is 2.54. The summed E-state index contributed by atoms with van der Waals surface area (Å²) in [5.41, 5.74) is 6.91. The van der Waals surface area contributed by atoms with Gasteiger partial charge in [0, 0.05) is 18.2 Å². The van der Waals surface area contributed by atoms with Crippen LogP contribution in [0.5, 0.6) is 0 Å². The van der Waals surface area contributed by atoms with Crippen molar-refractivity contribution in [1.29, 1.82) is 0 Å². The molecule has 0 spiro atoms. The second-order valence-corrected chi connectivity index (χ2v) is 7.45. The van der Waals surface area contributed by atoms with Crippen molar-refractivity contribution in [3.63, 3.8) is 0 Å². The SMILES string of the molecule is CC(=O)OCC1=C(OC(=O)O)N2C(=O)C(NC(=O)C(N)c3ccccc3)[C@@H]2SC1. The Kier molecular flexibility index (Phi) is 6.09. The van der Waals surface area contributed by atoms with E-state index in [4.69, 9.17) is 20.3 Å². The fourth-order valence-corrected chi connectivity index (χ4v) is 4.26. The van der Waals surface area contributed by atoms with E-state index in [0.29, 0.717) is 11.1 Å². The lowest BCUT2D eigenvalue weighted by atomic mass is 10.0. The van der Waals surface area contributed by atoms with Crippen molar-refractivity contribution in [2.45, 2.75) is 24.4 Å². The number of rotatable bonds is 6. The second kappa shape index (κ2) is 8.53. The number of β-lactam (4-membered cyclic amide) rings is 1. The smallest absolute Gasteiger partial charge is 0.461 e. The summed E-state index contributed by atoms with van der Waals surface area (Å²) >= 11 is 1.29. The van der Waals surface area contributed by atoms with Gasteiger partial charge >= 0.3 is 12.1 Å². The highest BCUT2D eigenvalue weighted by molar-refractivity contribution is 8.00.